The molecule has 59 heavy (non-hydrogen) atoms. The summed E-state index contributed by atoms with van der Waals surface area (Å²) >= 11 is 0. The van der Waals surface area contributed by atoms with Gasteiger partial charge in [-0.15, -0.1) is 0 Å². The molecule has 0 unspecified atom stereocenters. The van der Waals surface area contributed by atoms with Crippen LogP contribution >= 0.6 is 0 Å². The second kappa shape index (κ2) is 17.2. The van der Waals surface area contributed by atoms with E-state index in [1.807, 2.05) is 170 Å². The summed E-state index contributed by atoms with van der Waals surface area (Å²) in [7, 11) is -3.93. The van der Waals surface area contributed by atoms with Crippen molar-refractivity contribution in [3.8, 4) is 0 Å². The van der Waals surface area contributed by atoms with Gasteiger partial charge < -0.3 is 20.4 Å². The lowest BCUT2D eigenvalue weighted by molar-refractivity contribution is 0.101. The highest BCUT2D eigenvalue weighted by molar-refractivity contribution is 7.91. The SMILES string of the molecule is O=C(Nc1ccc(N(c2ccccc2)c2ccccc2)cc1)c1ccc(S(=O)(=O)c2ccc(C(=O)Nc3ccc(N(c4ccccc4)c4ccccc4)cc3)cc2)cc1. The van der Waals surface area contributed by atoms with E-state index in [1.54, 1.807) is 0 Å². The number of benzene rings is 8. The van der Waals surface area contributed by atoms with Crippen LogP contribution in [0.3, 0.4) is 0 Å². The monoisotopic (exact) mass is 790 g/mol. The van der Waals surface area contributed by atoms with E-state index in [9.17, 15) is 18.0 Å². The number of carbonyl (C=O) groups excluding carboxylic acids is 2. The largest absolute Gasteiger partial charge is 0.322 e. The van der Waals surface area contributed by atoms with Crippen LogP contribution in [0.1, 0.15) is 20.7 Å². The van der Waals surface area contributed by atoms with Crippen molar-refractivity contribution in [2.45, 2.75) is 9.79 Å². The van der Waals surface area contributed by atoms with Gasteiger partial charge in [-0.25, -0.2) is 8.42 Å². The van der Waals surface area contributed by atoms with Crippen LogP contribution < -0.4 is 20.4 Å². The zero-order valence-electron chi connectivity index (χ0n) is 31.7. The molecule has 0 saturated heterocycles. The summed E-state index contributed by atoms with van der Waals surface area (Å²) in [6, 6.07) is 66.7. The average molecular weight is 791 g/mol. The van der Waals surface area contributed by atoms with Gasteiger partial charge in [-0.05, 0) is 146 Å². The minimum atomic E-state index is -3.93. The zero-order chi connectivity index (χ0) is 40.6. The Morgan fingerprint density at radius 2 is 0.576 bits per heavy atom. The van der Waals surface area contributed by atoms with Crippen LogP contribution in [0.4, 0.5) is 45.5 Å². The van der Waals surface area contributed by atoms with E-state index in [-0.39, 0.29) is 21.6 Å². The van der Waals surface area contributed by atoms with Crippen LogP contribution in [0.25, 0.3) is 0 Å². The van der Waals surface area contributed by atoms with Crippen molar-refractivity contribution in [3.63, 3.8) is 0 Å². The van der Waals surface area contributed by atoms with Gasteiger partial charge in [0.25, 0.3) is 11.8 Å². The highest BCUT2D eigenvalue weighted by atomic mass is 32.2. The summed E-state index contributed by atoms with van der Waals surface area (Å²) in [4.78, 5) is 30.7. The number of carbonyl (C=O) groups is 2. The molecule has 0 bridgehead atoms. The van der Waals surface area contributed by atoms with Crippen LogP contribution in [-0.2, 0) is 9.84 Å². The number of hydrogen-bond acceptors (Lipinski definition) is 6. The fraction of sp³-hybridized carbons (Fsp3) is 0. The number of anilines is 8. The third kappa shape index (κ3) is 8.66. The summed E-state index contributed by atoms with van der Waals surface area (Å²) in [6.07, 6.45) is 0. The first kappa shape index (κ1) is 38.1. The van der Waals surface area contributed by atoms with E-state index in [1.165, 1.54) is 48.5 Å². The van der Waals surface area contributed by atoms with Gasteiger partial charge >= 0.3 is 0 Å². The van der Waals surface area contributed by atoms with E-state index >= 15 is 0 Å². The number of rotatable bonds is 12. The number of amides is 2. The molecule has 0 aromatic heterocycles. The van der Waals surface area contributed by atoms with Gasteiger partial charge in [0.2, 0.25) is 9.84 Å². The lowest BCUT2D eigenvalue weighted by atomic mass is 10.1. The molecule has 288 valence electrons. The Kier molecular flexibility index (Phi) is 11.1. The van der Waals surface area contributed by atoms with Gasteiger partial charge in [0, 0.05) is 56.6 Å². The van der Waals surface area contributed by atoms with Gasteiger partial charge in [0.1, 0.15) is 0 Å². The molecule has 8 aromatic rings. The average Bonchev–Trinajstić information content (AvgIpc) is 3.29. The van der Waals surface area contributed by atoms with Gasteiger partial charge in [-0.3, -0.25) is 9.59 Å². The Morgan fingerprint density at radius 1 is 0.322 bits per heavy atom. The van der Waals surface area contributed by atoms with E-state index in [0.29, 0.717) is 22.5 Å². The first-order valence-electron chi connectivity index (χ1n) is 18.9. The topological polar surface area (TPSA) is 98.8 Å². The van der Waals surface area contributed by atoms with Crippen molar-refractivity contribution in [1.82, 2.24) is 0 Å². The first-order valence-corrected chi connectivity index (χ1v) is 20.4. The molecule has 0 aliphatic rings. The van der Waals surface area contributed by atoms with Crippen LogP contribution in [0.15, 0.2) is 228 Å². The molecule has 0 heterocycles. The van der Waals surface area contributed by atoms with E-state index in [2.05, 4.69) is 20.4 Å². The molecule has 2 N–H and O–H groups in total. The van der Waals surface area contributed by atoms with Crippen LogP contribution in [0, 0.1) is 0 Å². The van der Waals surface area contributed by atoms with Crippen LogP contribution in [-0.4, -0.2) is 20.2 Å². The second-order valence-corrected chi connectivity index (χ2v) is 15.5. The zero-order valence-corrected chi connectivity index (χ0v) is 32.5. The van der Waals surface area contributed by atoms with Gasteiger partial charge in [0.15, 0.2) is 0 Å². The van der Waals surface area contributed by atoms with E-state index < -0.39 is 9.84 Å². The molecule has 0 aliphatic heterocycles. The van der Waals surface area contributed by atoms with Gasteiger partial charge in [-0.2, -0.15) is 0 Å². The second-order valence-electron chi connectivity index (χ2n) is 13.6. The van der Waals surface area contributed by atoms with E-state index in [0.717, 1.165) is 34.1 Å². The Morgan fingerprint density at radius 3 is 0.847 bits per heavy atom. The molecule has 0 aliphatic carbocycles. The smallest absolute Gasteiger partial charge is 0.255 e. The predicted molar refractivity (Wildman–Crippen MR) is 236 cm³/mol. The van der Waals surface area contributed by atoms with Crippen molar-refractivity contribution in [1.29, 1.82) is 0 Å². The Balaban J connectivity index is 0.902. The molecule has 0 radical (unpaired) electrons. The fourth-order valence-corrected chi connectivity index (χ4v) is 7.96. The maximum atomic E-state index is 13.6. The molecule has 0 spiro atoms. The molecule has 0 fully saturated rings. The highest BCUT2D eigenvalue weighted by Gasteiger charge is 2.20. The van der Waals surface area contributed by atoms with Crippen molar-refractivity contribution in [3.05, 3.63) is 230 Å². The normalized spacial score (nSPS) is 11.0. The quantitative estimate of drug-likeness (QED) is 0.128. The minimum absolute atomic E-state index is 0.0256. The van der Waals surface area contributed by atoms with Crippen molar-refractivity contribution >= 4 is 67.2 Å². The maximum absolute atomic E-state index is 13.6. The van der Waals surface area contributed by atoms with Crippen molar-refractivity contribution < 1.29 is 18.0 Å². The summed E-state index contributed by atoms with van der Waals surface area (Å²) < 4.78 is 27.1. The Bertz CT molecular complexity index is 2500. The van der Waals surface area contributed by atoms with Crippen LogP contribution in [0.2, 0.25) is 0 Å². The Hall–Kier alpha value is -7.75. The van der Waals surface area contributed by atoms with Gasteiger partial charge in [-0.1, -0.05) is 72.8 Å². The molecule has 2 amide bonds. The molecule has 8 nitrogen and oxygen atoms in total. The summed E-state index contributed by atoms with van der Waals surface area (Å²) in [5.41, 5.74) is 7.63. The molecule has 9 heteroatoms. The molecular formula is C50H38N4O4S. The number of nitrogens with zero attached hydrogens (tertiary/aromatic N) is 2. The first-order chi connectivity index (χ1) is 28.8. The number of hydrogen-bond donors (Lipinski definition) is 2. The summed E-state index contributed by atoms with van der Waals surface area (Å²) in [6.45, 7) is 0. The summed E-state index contributed by atoms with van der Waals surface area (Å²) in [5, 5.41) is 5.80. The lowest BCUT2D eigenvalue weighted by Crippen LogP contribution is -2.13. The van der Waals surface area contributed by atoms with Crippen molar-refractivity contribution in [2.24, 2.45) is 0 Å². The number of para-hydroxylation sites is 4. The Labute approximate surface area is 343 Å². The standard InChI is InChI=1S/C50H38N4O4S/c55-49(51-39-25-29-45(30-26-39)53(41-13-5-1-6-14-41)42-15-7-2-8-16-42)37-21-33-47(34-22-37)59(57,58)48-35-23-38(24-36-48)50(56)52-40-27-31-46(32-28-40)54(43-17-9-3-10-18-43)44-19-11-4-12-20-44/h1-36H,(H,51,55)(H,52,56). The van der Waals surface area contributed by atoms with Crippen molar-refractivity contribution in [2.75, 3.05) is 20.4 Å². The molecule has 0 atom stereocenters. The lowest BCUT2D eigenvalue weighted by Gasteiger charge is -2.25. The molecule has 8 rings (SSSR count). The predicted octanol–water partition coefficient (Wildman–Crippen LogP) is 12.0. The minimum Gasteiger partial charge on any atom is -0.322 e. The van der Waals surface area contributed by atoms with Gasteiger partial charge in [0.05, 0.1) is 9.79 Å². The van der Waals surface area contributed by atoms with Crippen LogP contribution in [0.5, 0.6) is 0 Å². The maximum Gasteiger partial charge on any atom is 0.255 e. The highest BCUT2D eigenvalue weighted by Crippen LogP contribution is 2.36. The third-order valence-electron chi connectivity index (χ3n) is 9.68. The molecule has 0 saturated carbocycles. The fourth-order valence-electron chi connectivity index (χ4n) is 6.70. The molecular weight excluding hydrogens is 753 g/mol. The molecule has 8 aromatic carbocycles. The third-order valence-corrected chi connectivity index (χ3v) is 11.5. The summed E-state index contributed by atoms with van der Waals surface area (Å²) in [5.74, 6) is -0.751. The number of nitrogens with one attached hydrogen (secondary N) is 2. The number of sulfone groups is 1. The van der Waals surface area contributed by atoms with E-state index in [4.69, 9.17) is 0 Å².